The first kappa shape index (κ1) is 10.7. The van der Waals surface area contributed by atoms with Crippen LogP contribution < -0.4 is 11.5 Å². The summed E-state index contributed by atoms with van der Waals surface area (Å²) in [5.41, 5.74) is 10.4. The van der Waals surface area contributed by atoms with Crippen molar-refractivity contribution in [2.24, 2.45) is 0 Å². The summed E-state index contributed by atoms with van der Waals surface area (Å²) in [6.45, 7) is 2.94. The fourth-order valence-corrected chi connectivity index (χ4v) is 1.41. The Kier molecular flexibility index (Phi) is 2.35. The van der Waals surface area contributed by atoms with Gasteiger partial charge in [0.15, 0.2) is 0 Å². The summed E-state index contributed by atoms with van der Waals surface area (Å²) in [5, 5.41) is 0. The van der Waals surface area contributed by atoms with Crippen LogP contribution in [-0.2, 0) is 6.18 Å². The molecule has 2 nitrogen and oxygen atoms in total. The van der Waals surface area contributed by atoms with Gasteiger partial charge in [-0.3, -0.25) is 0 Å². The summed E-state index contributed by atoms with van der Waals surface area (Å²) in [7, 11) is 0. The quantitative estimate of drug-likeness (QED) is 0.638. The van der Waals surface area contributed by atoms with Gasteiger partial charge in [0.2, 0.25) is 0 Å². The lowest BCUT2D eigenvalue weighted by Crippen LogP contribution is -2.13. The highest BCUT2D eigenvalue weighted by atomic mass is 19.4. The molecule has 0 bridgehead atoms. The standard InChI is InChI=1S/C9H11F3N2/c1-4-3-6(13)7(9(10,11)12)5(2)8(4)14/h3H,13-14H2,1-2H3. The monoisotopic (exact) mass is 204 g/mol. The highest BCUT2D eigenvalue weighted by Crippen LogP contribution is 2.39. The van der Waals surface area contributed by atoms with Crippen LogP contribution in [0.5, 0.6) is 0 Å². The van der Waals surface area contributed by atoms with E-state index in [1.807, 2.05) is 0 Å². The Balaban J connectivity index is 3.53. The first-order valence-corrected chi connectivity index (χ1v) is 3.97. The van der Waals surface area contributed by atoms with Gasteiger partial charge in [-0.1, -0.05) is 0 Å². The molecule has 0 heterocycles. The summed E-state index contributed by atoms with van der Waals surface area (Å²) >= 11 is 0. The molecule has 14 heavy (non-hydrogen) atoms. The summed E-state index contributed by atoms with van der Waals surface area (Å²) < 4.78 is 37.5. The van der Waals surface area contributed by atoms with E-state index in [2.05, 4.69) is 0 Å². The van der Waals surface area contributed by atoms with Crippen molar-refractivity contribution in [3.63, 3.8) is 0 Å². The van der Waals surface area contributed by atoms with Crippen LogP contribution in [0.15, 0.2) is 6.07 Å². The summed E-state index contributed by atoms with van der Waals surface area (Å²) in [5.74, 6) is 0. The Morgan fingerprint density at radius 3 is 2.07 bits per heavy atom. The second-order valence-electron chi connectivity index (χ2n) is 3.19. The number of nitrogen functional groups attached to an aromatic ring is 2. The van der Waals surface area contributed by atoms with Crippen LogP contribution in [0.4, 0.5) is 24.5 Å². The fraction of sp³-hybridized carbons (Fsp3) is 0.333. The Hall–Kier alpha value is -1.39. The van der Waals surface area contributed by atoms with Crippen molar-refractivity contribution in [3.8, 4) is 0 Å². The Labute approximate surface area is 79.7 Å². The molecule has 0 amide bonds. The molecule has 5 heteroatoms. The molecule has 0 fully saturated rings. The summed E-state index contributed by atoms with van der Waals surface area (Å²) in [4.78, 5) is 0. The lowest BCUT2D eigenvalue weighted by molar-refractivity contribution is -0.137. The topological polar surface area (TPSA) is 52.0 Å². The van der Waals surface area contributed by atoms with Gasteiger partial charge in [-0.2, -0.15) is 13.2 Å². The van der Waals surface area contributed by atoms with E-state index < -0.39 is 11.7 Å². The predicted molar refractivity (Wildman–Crippen MR) is 49.7 cm³/mol. The van der Waals surface area contributed by atoms with Gasteiger partial charge in [-0.25, -0.2) is 0 Å². The van der Waals surface area contributed by atoms with Crippen LogP contribution in [0.1, 0.15) is 16.7 Å². The van der Waals surface area contributed by atoms with E-state index in [4.69, 9.17) is 11.5 Å². The van der Waals surface area contributed by atoms with E-state index in [0.717, 1.165) is 0 Å². The molecule has 1 aromatic carbocycles. The molecule has 0 radical (unpaired) electrons. The number of hydrogen-bond acceptors (Lipinski definition) is 2. The van der Waals surface area contributed by atoms with E-state index in [0.29, 0.717) is 5.56 Å². The number of aryl methyl sites for hydroxylation is 1. The van der Waals surface area contributed by atoms with Crippen molar-refractivity contribution in [3.05, 3.63) is 22.8 Å². The zero-order chi connectivity index (χ0) is 11.1. The lowest BCUT2D eigenvalue weighted by Gasteiger charge is -2.16. The number of hydrogen-bond donors (Lipinski definition) is 2. The first-order chi connectivity index (χ1) is 6.25. The van der Waals surface area contributed by atoms with E-state index in [9.17, 15) is 13.2 Å². The molecule has 0 atom stereocenters. The second kappa shape index (κ2) is 3.08. The fourth-order valence-electron chi connectivity index (χ4n) is 1.41. The van der Waals surface area contributed by atoms with Crippen LogP contribution in [-0.4, -0.2) is 0 Å². The molecule has 0 saturated heterocycles. The molecule has 4 N–H and O–H groups in total. The van der Waals surface area contributed by atoms with Gasteiger partial charge in [0.25, 0.3) is 0 Å². The zero-order valence-electron chi connectivity index (χ0n) is 7.87. The molecule has 1 aromatic rings. The zero-order valence-corrected chi connectivity index (χ0v) is 7.87. The molecule has 1 rings (SSSR count). The van der Waals surface area contributed by atoms with E-state index in [1.54, 1.807) is 6.92 Å². The maximum absolute atomic E-state index is 12.5. The van der Waals surface area contributed by atoms with Crippen molar-refractivity contribution < 1.29 is 13.2 Å². The third kappa shape index (κ3) is 1.62. The van der Waals surface area contributed by atoms with Gasteiger partial charge >= 0.3 is 6.18 Å². The lowest BCUT2D eigenvalue weighted by atomic mass is 10.0. The third-order valence-corrected chi connectivity index (χ3v) is 2.15. The highest BCUT2D eigenvalue weighted by molar-refractivity contribution is 5.66. The van der Waals surface area contributed by atoms with Gasteiger partial charge < -0.3 is 11.5 Å². The molecule has 0 unspecified atom stereocenters. The maximum Gasteiger partial charge on any atom is 0.418 e. The van der Waals surface area contributed by atoms with Crippen molar-refractivity contribution >= 4 is 11.4 Å². The van der Waals surface area contributed by atoms with Crippen molar-refractivity contribution in [2.45, 2.75) is 20.0 Å². The van der Waals surface area contributed by atoms with Gasteiger partial charge in [0.1, 0.15) is 0 Å². The van der Waals surface area contributed by atoms with Crippen LogP contribution >= 0.6 is 0 Å². The van der Waals surface area contributed by atoms with Gasteiger partial charge in [0, 0.05) is 11.4 Å². The molecular weight excluding hydrogens is 193 g/mol. The van der Waals surface area contributed by atoms with Gasteiger partial charge in [0.05, 0.1) is 5.56 Å². The maximum atomic E-state index is 12.5. The Morgan fingerprint density at radius 1 is 1.14 bits per heavy atom. The molecule has 0 aromatic heterocycles. The number of halogens is 3. The number of rotatable bonds is 0. The smallest absolute Gasteiger partial charge is 0.398 e. The van der Waals surface area contributed by atoms with E-state index in [-0.39, 0.29) is 16.9 Å². The second-order valence-corrected chi connectivity index (χ2v) is 3.19. The molecule has 0 spiro atoms. The van der Waals surface area contributed by atoms with Crippen molar-refractivity contribution in [1.82, 2.24) is 0 Å². The normalized spacial score (nSPS) is 11.8. The predicted octanol–water partition coefficient (Wildman–Crippen LogP) is 2.49. The SMILES string of the molecule is Cc1cc(N)c(C(F)(F)F)c(C)c1N. The number of benzene rings is 1. The minimum atomic E-state index is -4.45. The Bertz CT molecular complexity index is 369. The highest BCUT2D eigenvalue weighted by Gasteiger charge is 2.35. The summed E-state index contributed by atoms with van der Waals surface area (Å²) in [6.07, 6.45) is -4.45. The van der Waals surface area contributed by atoms with Crippen LogP contribution in [0, 0.1) is 13.8 Å². The van der Waals surface area contributed by atoms with Crippen molar-refractivity contribution in [1.29, 1.82) is 0 Å². The third-order valence-electron chi connectivity index (χ3n) is 2.15. The molecule has 0 aliphatic carbocycles. The van der Waals surface area contributed by atoms with Crippen LogP contribution in [0.25, 0.3) is 0 Å². The van der Waals surface area contributed by atoms with E-state index in [1.165, 1.54) is 13.0 Å². The number of alkyl halides is 3. The van der Waals surface area contributed by atoms with Gasteiger partial charge in [-0.15, -0.1) is 0 Å². The minimum Gasteiger partial charge on any atom is -0.398 e. The molecule has 0 aliphatic heterocycles. The largest absolute Gasteiger partial charge is 0.418 e. The average molecular weight is 204 g/mol. The van der Waals surface area contributed by atoms with Crippen LogP contribution in [0.2, 0.25) is 0 Å². The number of nitrogens with two attached hydrogens (primary N) is 2. The molecule has 78 valence electrons. The molecule has 0 aliphatic rings. The number of anilines is 2. The van der Waals surface area contributed by atoms with Crippen LogP contribution in [0.3, 0.4) is 0 Å². The van der Waals surface area contributed by atoms with Crippen molar-refractivity contribution in [2.75, 3.05) is 11.5 Å². The summed E-state index contributed by atoms with van der Waals surface area (Å²) in [6, 6.07) is 1.24. The molecule has 0 saturated carbocycles. The van der Waals surface area contributed by atoms with E-state index >= 15 is 0 Å². The van der Waals surface area contributed by atoms with Gasteiger partial charge in [-0.05, 0) is 31.0 Å². The first-order valence-electron chi connectivity index (χ1n) is 3.97. The average Bonchev–Trinajstić information content (AvgIpc) is 1.97. The minimum absolute atomic E-state index is 0.00463. The molecular formula is C9H11F3N2. The Morgan fingerprint density at radius 2 is 1.64 bits per heavy atom.